The Balaban J connectivity index is 0. The predicted octanol–water partition coefficient (Wildman–Crippen LogP) is 3.64. The maximum absolute atomic E-state index is 12.7. The van der Waals surface area contributed by atoms with Gasteiger partial charge in [0.1, 0.15) is 6.04 Å². The molecule has 0 fully saturated rings. The zero-order chi connectivity index (χ0) is 34.7. The first-order chi connectivity index (χ1) is 21.2. The van der Waals surface area contributed by atoms with Crippen LogP contribution in [-0.4, -0.2) is 112 Å². The molecule has 45 heavy (non-hydrogen) atoms. The number of amides is 4. The Bertz CT molecular complexity index is 809. The molecule has 11 nitrogen and oxygen atoms in total. The minimum atomic E-state index is -0.673. The van der Waals surface area contributed by atoms with Crippen molar-refractivity contribution in [1.82, 2.24) is 21.3 Å². The van der Waals surface area contributed by atoms with Crippen LogP contribution in [0.25, 0.3) is 0 Å². The van der Waals surface area contributed by atoms with Crippen LogP contribution in [0.4, 0.5) is 0 Å². The number of thioether (sulfide) groups is 2. The highest BCUT2D eigenvalue weighted by Gasteiger charge is 2.32. The topological polar surface area (TPSA) is 144 Å². The van der Waals surface area contributed by atoms with Crippen LogP contribution in [0.5, 0.6) is 0 Å². The van der Waals surface area contributed by atoms with E-state index in [0.29, 0.717) is 83.1 Å². The molecule has 1 atom stereocenters. The molecule has 4 amide bonds. The standard InChI is InChI=1S/C30H58N4O7S2.C2H6/c1-23(2)43-21-25(35)31-11-9-10-24(34-26(36)20-42-8)27(37)32-12-14-39-16-18-41-19-17-40-15-13-33-28(38)30(6,7)22-29(3,4)5;1-2/h23-24H,9-22H2,1-8H3,(H,31,35)(H,32,37)(H,33,38)(H,34,36);1-2H3. The first-order valence-electron chi connectivity index (χ1n) is 16.1. The summed E-state index contributed by atoms with van der Waals surface area (Å²) >= 11 is 2.96. The maximum Gasteiger partial charge on any atom is 0.242 e. The van der Waals surface area contributed by atoms with Crippen molar-refractivity contribution in [3.05, 3.63) is 0 Å². The van der Waals surface area contributed by atoms with E-state index in [1.165, 1.54) is 11.8 Å². The van der Waals surface area contributed by atoms with Gasteiger partial charge in [-0.3, -0.25) is 19.2 Å². The van der Waals surface area contributed by atoms with Crippen molar-refractivity contribution in [1.29, 1.82) is 0 Å². The molecule has 0 aliphatic carbocycles. The van der Waals surface area contributed by atoms with Gasteiger partial charge in [0.15, 0.2) is 0 Å². The summed E-state index contributed by atoms with van der Waals surface area (Å²) < 4.78 is 16.5. The summed E-state index contributed by atoms with van der Waals surface area (Å²) in [4.78, 5) is 49.0. The largest absolute Gasteiger partial charge is 0.377 e. The lowest BCUT2D eigenvalue weighted by Gasteiger charge is -2.31. The molecule has 0 spiro atoms. The lowest BCUT2D eigenvalue weighted by atomic mass is 9.76. The Kier molecular flexibility index (Phi) is 27.9. The molecule has 0 saturated heterocycles. The quantitative estimate of drug-likeness (QED) is 0.106. The minimum absolute atomic E-state index is 0.0311. The van der Waals surface area contributed by atoms with Crippen LogP contribution in [0.1, 0.15) is 81.6 Å². The van der Waals surface area contributed by atoms with Gasteiger partial charge in [-0.05, 0) is 36.2 Å². The molecule has 0 aromatic rings. The van der Waals surface area contributed by atoms with E-state index in [0.717, 1.165) is 6.42 Å². The predicted molar refractivity (Wildman–Crippen MR) is 188 cm³/mol. The molecule has 266 valence electrons. The molecule has 13 heteroatoms. The highest BCUT2D eigenvalue weighted by atomic mass is 32.2. The number of carbonyl (C=O) groups excluding carboxylic acids is 4. The second-order valence-electron chi connectivity index (χ2n) is 12.4. The molecule has 4 N–H and O–H groups in total. The third-order valence-corrected chi connectivity index (χ3v) is 7.52. The molecule has 0 heterocycles. The molecule has 0 rings (SSSR count). The van der Waals surface area contributed by atoms with Crippen LogP contribution in [0.2, 0.25) is 0 Å². The van der Waals surface area contributed by atoms with E-state index in [1.54, 1.807) is 11.8 Å². The third-order valence-electron chi connectivity index (χ3n) is 5.88. The van der Waals surface area contributed by atoms with Gasteiger partial charge in [-0.25, -0.2) is 0 Å². The van der Waals surface area contributed by atoms with Crippen LogP contribution in [-0.2, 0) is 33.4 Å². The summed E-state index contributed by atoms with van der Waals surface area (Å²) in [5.41, 5.74) is -0.350. The van der Waals surface area contributed by atoms with Gasteiger partial charge in [0.25, 0.3) is 0 Å². The highest BCUT2D eigenvalue weighted by Crippen LogP contribution is 2.33. The Morgan fingerprint density at radius 3 is 1.76 bits per heavy atom. The normalized spacial score (nSPS) is 12.2. The molecular weight excluding hydrogens is 617 g/mol. The third kappa shape index (κ3) is 28.4. The number of ether oxygens (including phenoxy) is 3. The number of nitrogens with one attached hydrogen (secondary N) is 4. The van der Waals surface area contributed by atoms with Gasteiger partial charge in [0.05, 0.1) is 51.1 Å². The molecule has 0 aromatic carbocycles. The fourth-order valence-electron chi connectivity index (χ4n) is 4.26. The van der Waals surface area contributed by atoms with Crippen molar-refractivity contribution in [3.63, 3.8) is 0 Å². The van der Waals surface area contributed by atoms with Crippen molar-refractivity contribution in [2.75, 3.05) is 77.0 Å². The van der Waals surface area contributed by atoms with Crippen molar-refractivity contribution in [2.45, 2.75) is 92.9 Å². The van der Waals surface area contributed by atoms with Gasteiger partial charge in [-0.1, -0.05) is 62.3 Å². The summed E-state index contributed by atoms with van der Waals surface area (Å²) in [6.07, 6.45) is 3.61. The van der Waals surface area contributed by atoms with Gasteiger partial charge in [0.2, 0.25) is 23.6 Å². The number of hydrogen-bond donors (Lipinski definition) is 4. The molecule has 0 bridgehead atoms. The molecule has 0 aliphatic rings. The van der Waals surface area contributed by atoms with E-state index in [9.17, 15) is 19.2 Å². The summed E-state index contributed by atoms with van der Waals surface area (Å²) in [6.45, 7) is 21.9. The van der Waals surface area contributed by atoms with Crippen molar-refractivity contribution >= 4 is 47.2 Å². The lowest BCUT2D eigenvalue weighted by molar-refractivity contribution is -0.131. The molecule has 0 saturated carbocycles. The van der Waals surface area contributed by atoms with Crippen molar-refractivity contribution in [3.8, 4) is 0 Å². The summed E-state index contributed by atoms with van der Waals surface area (Å²) in [5, 5.41) is 11.8. The minimum Gasteiger partial charge on any atom is -0.377 e. The molecule has 0 aliphatic heterocycles. The summed E-state index contributed by atoms with van der Waals surface area (Å²) in [5.74, 6) is 0.200. The fraction of sp³-hybridized carbons (Fsp3) is 0.875. The Morgan fingerprint density at radius 1 is 0.711 bits per heavy atom. The molecule has 0 radical (unpaired) electrons. The second-order valence-corrected chi connectivity index (χ2v) is 14.8. The average molecular weight is 681 g/mol. The van der Waals surface area contributed by atoms with Crippen LogP contribution in [0.3, 0.4) is 0 Å². The number of rotatable bonds is 25. The monoisotopic (exact) mass is 680 g/mol. The van der Waals surface area contributed by atoms with E-state index in [-0.39, 0.29) is 34.8 Å². The van der Waals surface area contributed by atoms with E-state index in [2.05, 4.69) is 42.0 Å². The summed E-state index contributed by atoms with van der Waals surface area (Å²) in [6, 6.07) is -0.673. The average Bonchev–Trinajstić information content (AvgIpc) is 2.95. The van der Waals surface area contributed by atoms with Gasteiger partial charge in [0, 0.05) is 25.0 Å². The number of carbonyl (C=O) groups is 4. The maximum atomic E-state index is 12.7. The lowest BCUT2D eigenvalue weighted by Crippen LogP contribution is -2.48. The Morgan fingerprint density at radius 2 is 1.24 bits per heavy atom. The molecule has 0 aromatic heterocycles. The zero-order valence-corrected chi connectivity index (χ0v) is 31.4. The van der Waals surface area contributed by atoms with Crippen LogP contribution >= 0.6 is 23.5 Å². The first-order valence-corrected chi connectivity index (χ1v) is 18.6. The second kappa shape index (κ2) is 27.6. The summed E-state index contributed by atoms with van der Waals surface area (Å²) in [7, 11) is 0. The van der Waals surface area contributed by atoms with Crippen LogP contribution in [0, 0.1) is 10.8 Å². The van der Waals surface area contributed by atoms with Crippen LogP contribution < -0.4 is 21.3 Å². The fourth-order valence-corrected chi connectivity index (χ4v) is 5.19. The van der Waals surface area contributed by atoms with Gasteiger partial charge < -0.3 is 35.5 Å². The van der Waals surface area contributed by atoms with Crippen LogP contribution in [0.15, 0.2) is 0 Å². The molecule has 1 unspecified atom stereocenters. The van der Waals surface area contributed by atoms with E-state index in [4.69, 9.17) is 14.2 Å². The smallest absolute Gasteiger partial charge is 0.242 e. The van der Waals surface area contributed by atoms with E-state index >= 15 is 0 Å². The van der Waals surface area contributed by atoms with E-state index in [1.807, 2.05) is 47.8 Å². The van der Waals surface area contributed by atoms with Gasteiger partial charge in [-0.15, -0.1) is 11.8 Å². The Hall–Kier alpha value is -1.54. The van der Waals surface area contributed by atoms with Gasteiger partial charge >= 0.3 is 0 Å². The van der Waals surface area contributed by atoms with Gasteiger partial charge in [-0.2, -0.15) is 11.8 Å². The van der Waals surface area contributed by atoms with Crippen molar-refractivity contribution < 1.29 is 33.4 Å². The zero-order valence-electron chi connectivity index (χ0n) is 29.7. The molecular formula is C32H64N4O7S2. The first kappa shape index (κ1) is 45.6. The SMILES string of the molecule is CC.CSCC(=O)NC(CCCNC(=O)CSC(C)C)C(=O)NCCOCCOCCOCCNC(=O)C(C)(C)CC(C)(C)C. The Labute approximate surface area is 281 Å². The van der Waals surface area contributed by atoms with E-state index < -0.39 is 11.5 Å². The number of hydrogen-bond acceptors (Lipinski definition) is 9. The van der Waals surface area contributed by atoms with Crippen molar-refractivity contribution in [2.24, 2.45) is 10.8 Å². The highest BCUT2D eigenvalue weighted by molar-refractivity contribution is 8.00.